The zero-order valence-electron chi connectivity index (χ0n) is 7.49. The van der Waals surface area contributed by atoms with Gasteiger partial charge in [0.2, 0.25) is 0 Å². The molecule has 0 amide bonds. The standard InChI is InChI=1S/C11H13NO/c12-9-4-1-3-8(7-9)10-5-2-6-11(10)13/h1,3-4,7,10H,2,5-6,12H2. The summed E-state index contributed by atoms with van der Waals surface area (Å²) in [5.41, 5.74) is 7.49. The molecule has 0 radical (unpaired) electrons. The third-order valence-electron chi connectivity index (χ3n) is 2.62. The summed E-state index contributed by atoms with van der Waals surface area (Å²) >= 11 is 0. The topological polar surface area (TPSA) is 43.1 Å². The maximum absolute atomic E-state index is 11.4. The van der Waals surface area contributed by atoms with Gasteiger partial charge in [0.05, 0.1) is 0 Å². The summed E-state index contributed by atoms with van der Waals surface area (Å²) in [6, 6.07) is 7.66. The summed E-state index contributed by atoms with van der Waals surface area (Å²) in [6.45, 7) is 0. The van der Waals surface area contributed by atoms with E-state index in [2.05, 4.69) is 0 Å². The molecule has 1 unspecified atom stereocenters. The highest BCUT2D eigenvalue weighted by atomic mass is 16.1. The number of nitrogen functional groups attached to an aromatic ring is 1. The van der Waals surface area contributed by atoms with Crippen molar-refractivity contribution in [2.24, 2.45) is 0 Å². The summed E-state index contributed by atoms with van der Waals surface area (Å²) < 4.78 is 0. The average molecular weight is 175 g/mol. The number of ketones is 1. The molecule has 2 N–H and O–H groups in total. The minimum absolute atomic E-state index is 0.114. The molecule has 0 heterocycles. The number of hydrogen-bond acceptors (Lipinski definition) is 2. The fourth-order valence-corrected chi connectivity index (χ4v) is 1.94. The van der Waals surface area contributed by atoms with Crippen LogP contribution in [0, 0.1) is 0 Å². The molecule has 0 saturated heterocycles. The van der Waals surface area contributed by atoms with Gasteiger partial charge in [-0.25, -0.2) is 0 Å². The number of anilines is 1. The molecule has 2 rings (SSSR count). The zero-order chi connectivity index (χ0) is 9.26. The molecule has 0 spiro atoms. The van der Waals surface area contributed by atoms with Crippen LogP contribution in [0.2, 0.25) is 0 Å². The average Bonchev–Trinajstić information content (AvgIpc) is 2.51. The molecule has 1 saturated carbocycles. The molecule has 2 nitrogen and oxygen atoms in total. The van der Waals surface area contributed by atoms with Crippen molar-refractivity contribution in [2.75, 3.05) is 5.73 Å². The summed E-state index contributed by atoms with van der Waals surface area (Å²) in [5, 5.41) is 0. The molecule has 1 aromatic rings. The largest absolute Gasteiger partial charge is 0.399 e. The molecule has 68 valence electrons. The third-order valence-corrected chi connectivity index (χ3v) is 2.62. The van der Waals surface area contributed by atoms with E-state index in [1.54, 1.807) is 0 Å². The predicted molar refractivity (Wildman–Crippen MR) is 52.5 cm³/mol. The highest BCUT2D eigenvalue weighted by Gasteiger charge is 2.25. The number of rotatable bonds is 1. The van der Waals surface area contributed by atoms with Gasteiger partial charge in [0.1, 0.15) is 5.78 Å². The SMILES string of the molecule is Nc1cccc(C2CCCC2=O)c1. The number of nitrogens with two attached hydrogens (primary N) is 1. The molecule has 0 aromatic heterocycles. The zero-order valence-corrected chi connectivity index (χ0v) is 7.49. The number of hydrogen-bond donors (Lipinski definition) is 1. The Bertz CT molecular complexity index is 333. The van der Waals surface area contributed by atoms with Crippen molar-refractivity contribution in [3.8, 4) is 0 Å². The molecular formula is C11H13NO. The predicted octanol–water partition coefficient (Wildman–Crippen LogP) is 2.11. The Balaban J connectivity index is 2.29. The number of benzene rings is 1. The Morgan fingerprint density at radius 3 is 2.85 bits per heavy atom. The second-order valence-corrected chi connectivity index (χ2v) is 3.58. The summed E-state index contributed by atoms with van der Waals surface area (Å²) in [4.78, 5) is 11.4. The van der Waals surface area contributed by atoms with Crippen LogP contribution in [0.5, 0.6) is 0 Å². The van der Waals surface area contributed by atoms with Gasteiger partial charge < -0.3 is 5.73 Å². The van der Waals surface area contributed by atoms with Crippen molar-refractivity contribution in [3.05, 3.63) is 29.8 Å². The smallest absolute Gasteiger partial charge is 0.140 e. The Labute approximate surface area is 77.8 Å². The van der Waals surface area contributed by atoms with Gasteiger partial charge in [-0.2, -0.15) is 0 Å². The van der Waals surface area contributed by atoms with Crippen molar-refractivity contribution in [3.63, 3.8) is 0 Å². The minimum Gasteiger partial charge on any atom is -0.399 e. The van der Waals surface area contributed by atoms with Crippen LogP contribution in [-0.2, 0) is 4.79 Å². The maximum atomic E-state index is 11.4. The highest BCUT2D eigenvalue weighted by molar-refractivity contribution is 5.87. The molecule has 1 aliphatic rings. The van der Waals surface area contributed by atoms with E-state index < -0.39 is 0 Å². The molecular weight excluding hydrogens is 162 g/mol. The first-order valence-corrected chi connectivity index (χ1v) is 4.65. The monoisotopic (exact) mass is 175 g/mol. The van der Waals surface area contributed by atoms with Crippen LogP contribution in [0.25, 0.3) is 0 Å². The third kappa shape index (κ3) is 1.57. The lowest BCUT2D eigenvalue weighted by Crippen LogP contribution is -2.04. The Morgan fingerprint density at radius 1 is 1.38 bits per heavy atom. The van der Waals surface area contributed by atoms with Crippen LogP contribution in [0.4, 0.5) is 5.69 Å². The van der Waals surface area contributed by atoms with Crippen molar-refractivity contribution < 1.29 is 4.79 Å². The molecule has 1 fully saturated rings. The fourth-order valence-electron chi connectivity index (χ4n) is 1.94. The maximum Gasteiger partial charge on any atom is 0.140 e. The molecule has 1 aromatic carbocycles. The van der Waals surface area contributed by atoms with Crippen LogP contribution in [-0.4, -0.2) is 5.78 Å². The van der Waals surface area contributed by atoms with Crippen molar-refractivity contribution in [1.82, 2.24) is 0 Å². The summed E-state index contributed by atoms with van der Waals surface area (Å²) in [5.74, 6) is 0.481. The second kappa shape index (κ2) is 3.21. The van der Waals surface area contributed by atoms with E-state index in [0.29, 0.717) is 5.78 Å². The normalized spacial score (nSPS) is 22.2. The van der Waals surface area contributed by atoms with E-state index in [1.165, 1.54) is 0 Å². The van der Waals surface area contributed by atoms with Crippen molar-refractivity contribution in [1.29, 1.82) is 0 Å². The second-order valence-electron chi connectivity index (χ2n) is 3.58. The summed E-state index contributed by atoms with van der Waals surface area (Å²) in [6.07, 6.45) is 2.75. The van der Waals surface area contributed by atoms with E-state index in [9.17, 15) is 4.79 Å². The van der Waals surface area contributed by atoms with E-state index in [4.69, 9.17) is 5.73 Å². The van der Waals surface area contributed by atoms with Gasteiger partial charge in [-0.3, -0.25) is 4.79 Å². The lowest BCUT2D eigenvalue weighted by Gasteiger charge is -2.08. The molecule has 1 aliphatic carbocycles. The first kappa shape index (κ1) is 8.30. The summed E-state index contributed by atoms with van der Waals surface area (Å²) in [7, 11) is 0. The first-order chi connectivity index (χ1) is 6.27. The van der Waals surface area contributed by atoms with Crippen LogP contribution in [0.15, 0.2) is 24.3 Å². The van der Waals surface area contributed by atoms with Crippen LogP contribution in [0.1, 0.15) is 30.7 Å². The van der Waals surface area contributed by atoms with Gasteiger partial charge >= 0.3 is 0 Å². The van der Waals surface area contributed by atoms with E-state index in [-0.39, 0.29) is 5.92 Å². The van der Waals surface area contributed by atoms with Gasteiger partial charge in [0, 0.05) is 18.0 Å². The van der Waals surface area contributed by atoms with E-state index in [0.717, 1.165) is 30.5 Å². The van der Waals surface area contributed by atoms with Gasteiger partial charge in [-0.05, 0) is 30.5 Å². The van der Waals surface area contributed by atoms with Gasteiger partial charge in [-0.1, -0.05) is 12.1 Å². The Hall–Kier alpha value is -1.31. The minimum atomic E-state index is 0.114. The lowest BCUT2D eigenvalue weighted by atomic mass is 9.96. The quantitative estimate of drug-likeness (QED) is 0.664. The van der Waals surface area contributed by atoms with Crippen LogP contribution >= 0.6 is 0 Å². The molecule has 0 bridgehead atoms. The van der Waals surface area contributed by atoms with Crippen molar-refractivity contribution >= 4 is 11.5 Å². The Kier molecular flexibility index (Phi) is 2.05. The first-order valence-electron chi connectivity index (χ1n) is 4.65. The van der Waals surface area contributed by atoms with Crippen LogP contribution in [0.3, 0.4) is 0 Å². The Morgan fingerprint density at radius 2 is 2.23 bits per heavy atom. The van der Waals surface area contributed by atoms with Gasteiger partial charge in [0.15, 0.2) is 0 Å². The number of Topliss-reactive ketones (excluding diaryl/α,β-unsaturated/α-hetero) is 1. The molecule has 2 heteroatoms. The highest BCUT2D eigenvalue weighted by Crippen LogP contribution is 2.31. The van der Waals surface area contributed by atoms with Gasteiger partial charge in [-0.15, -0.1) is 0 Å². The number of carbonyl (C=O) groups excluding carboxylic acids is 1. The molecule has 0 aliphatic heterocycles. The van der Waals surface area contributed by atoms with Crippen molar-refractivity contribution in [2.45, 2.75) is 25.2 Å². The van der Waals surface area contributed by atoms with Gasteiger partial charge in [0.25, 0.3) is 0 Å². The molecule has 1 atom stereocenters. The number of carbonyl (C=O) groups is 1. The molecule has 13 heavy (non-hydrogen) atoms. The fraction of sp³-hybridized carbons (Fsp3) is 0.364. The van der Waals surface area contributed by atoms with Crippen LogP contribution < -0.4 is 5.73 Å². The lowest BCUT2D eigenvalue weighted by molar-refractivity contribution is -0.118. The van der Waals surface area contributed by atoms with E-state index >= 15 is 0 Å². The van der Waals surface area contributed by atoms with E-state index in [1.807, 2.05) is 24.3 Å².